The fourth-order valence-electron chi connectivity index (χ4n) is 2.07. The Balaban J connectivity index is 2.30. The Hall–Kier alpha value is -2.67. The zero-order valence-corrected chi connectivity index (χ0v) is 14.6. The van der Waals surface area contributed by atoms with Gasteiger partial charge in [0.2, 0.25) is 0 Å². The number of aromatic nitrogens is 2. The Morgan fingerprint density at radius 3 is 2.24 bits per heavy atom. The van der Waals surface area contributed by atoms with Gasteiger partial charge in [-0.15, -0.1) is 0 Å². The number of halogens is 1. The van der Waals surface area contributed by atoms with E-state index in [1.165, 1.54) is 6.07 Å². The quantitative estimate of drug-likeness (QED) is 0.554. The third-order valence-electron chi connectivity index (χ3n) is 3.21. The maximum atomic E-state index is 12.4. The molecular weight excluding hydrogens is 348 g/mol. The second kappa shape index (κ2) is 8.43. The van der Waals surface area contributed by atoms with Gasteiger partial charge >= 0.3 is 11.9 Å². The van der Waals surface area contributed by atoms with Crippen molar-refractivity contribution < 1.29 is 23.9 Å². The maximum Gasteiger partial charge on any atom is 0.358 e. The molecule has 0 unspecified atom stereocenters. The average molecular weight is 365 g/mol. The van der Waals surface area contributed by atoms with Crippen LogP contribution in [0, 0.1) is 0 Å². The molecule has 0 atom stereocenters. The minimum atomic E-state index is -0.675. The summed E-state index contributed by atoms with van der Waals surface area (Å²) >= 11 is 5.80. The molecule has 1 heterocycles. The van der Waals surface area contributed by atoms with E-state index in [2.05, 4.69) is 5.10 Å². The van der Waals surface area contributed by atoms with E-state index in [4.69, 9.17) is 21.1 Å². The van der Waals surface area contributed by atoms with Crippen molar-refractivity contribution in [3.8, 4) is 0 Å². The minimum Gasteiger partial charge on any atom is -0.461 e. The van der Waals surface area contributed by atoms with E-state index in [1.54, 1.807) is 38.1 Å². The third kappa shape index (κ3) is 4.67. The number of carbonyl (C=O) groups excluding carboxylic acids is 3. The van der Waals surface area contributed by atoms with E-state index in [0.717, 1.165) is 4.68 Å². The van der Waals surface area contributed by atoms with E-state index >= 15 is 0 Å². The minimum absolute atomic E-state index is 0.00668. The van der Waals surface area contributed by atoms with Crippen LogP contribution in [0.4, 0.5) is 0 Å². The second-order valence-corrected chi connectivity index (χ2v) is 5.38. The van der Waals surface area contributed by atoms with Gasteiger partial charge in [-0.25, -0.2) is 14.3 Å². The number of hydrogen-bond acceptors (Lipinski definition) is 6. The molecule has 132 valence electrons. The first kappa shape index (κ1) is 18.7. The zero-order chi connectivity index (χ0) is 18.4. The fraction of sp³-hybridized carbons (Fsp3) is 0.294. The number of nitrogens with zero attached hydrogens (tertiary/aromatic N) is 2. The standard InChI is InChI=1S/C17H17ClN2O5/c1-3-24-16(22)13-9-14(17(23)25-4-2)20(19-13)10-15(21)11-5-7-12(18)8-6-11/h5-9H,3-4,10H2,1-2H3. The lowest BCUT2D eigenvalue weighted by atomic mass is 10.1. The van der Waals surface area contributed by atoms with Crippen molar-refractivity contribution in [1.29, 1.82) is 0 Å². The summed E-state index contributed by atoms with van der Waals surface area (Å²) in [6.45, 7) is 3.41. The molecule has 0 amide bonds. The van der Waals surface area contributed by atoms with Crippen molar-refractivity contribution in [2.24, 2.45) is 0 Å². The Labute approximate surface area is 149 Å². The van der Waals surface area contributed by atoms with Gasteiger partial charge in [0.15, 0.2) is 11.5 Å². The van der Waals surface area contributed by atoms with E-state index in [1.807, 2.05) is 0 Å². The molecule has 0 saturated carbocycles. The molecular formula is C17H17ClN2O5. The summed E-state index contributed by atoms with van der Waals surface area (Å²) in [5.41, 5.74) is 0.355. The predicted octanol–water partition coefficient (Wildman–Crippen LogP) is 2.77. The molecule has 0 N–H and O–H groups in total. The SMILES string of the molecule is CCOC(=O)c1cc(C(=O)OCC)n(CC(=O)c2ccc(Cl)cc2)n1. The van der Waals surface area contributed by atoms with Gasteiger partial charge in [0.05, 0.1) is 13.2 Å². The molecule has 7 nitrogen and oxygen atoms in total. The molecule has 0 aliphatic carbocycles. The molecule has 2 aromatic rings. The number of esters is 2. The number of ether oxygens (including phenoxy) is 2. The topological polar surface area (TPSA) is 87.5 Å². The lowest BCUT2D eigenvalue weighted by Crippen LogP contribution is -2.18. The fourth-order valence-corrected chi connectivity index (χ4v) is 2.20. The highest BCUT2D eigenvalue weighted by atomic mass is 35.5. The molecule has 1 aromatic carbocycles. The van der Waals surface area contributed by atoms with Crippen LogP contribution < -0.4 is 0 Å². The predicted molar refractivity (Wildman–Crippen MR) is 89.9 cm³/mol. The van der Waals surface area contributed by atoms with Crippen LogP contribution in [0.5, 0.6) is 0 Å². The van der Waals surface area contributed by atoms with Crippen molar-refractivity contribution >= 4 is 29.3 Å². The number of rotatable bonds is 7. The van der Waals surface area contributed by atoms with E-state index in [0.29, 0.717) is 10.6 Å². The first-order chi connectivity index (χ1) is 12.0. The van der Waals surface area contributed by atoms with E-state index < -0.39 is 11.9 Å². The van der Waals surface area contributed by atoms with Gasteiger partial charge in [-0.2, -0.15) is 5.10 Å². The monoisotopic (exact) mass is 364 g/mol. The molecule has 1 aromatic heterocycles. The summed E-state index contributed by atoms with van der Waals surface area (Å²) in [5.74, 6) is -1.64. The van der Waals surface area contributed by atoms with E-state index in [-0.39, 0.29) is 36.9 Å². The third-order valence-corrected chi connectivity index (χ3v) is 3.46. The number of benzene rings is 1. The van der Waals surface area contributed by atoms with Gasteiger partial charge in [-0.05, 0) is 38.1 Å². The maximum absolute atomic E-state index is 12.4. The lowest BCUT2D eigenvalue weighted by molar-refractivity contribution is 0.0505. The van der Waals surface area contributed by atoms with Crippen molar-refractivity contribution in [3.05, 3.63) is 52.3 Å². The van der Waals surface area contributed by atoms with Crippen molar-refractivity contribution in [2.45, 2.75) is 20.4 Å². The van der Waals surface area contributed by atoms with Crippen molar-refractivity contribution in [2.75, 3.05) is 13.2 Å². The van der Waals surface area contributed by atoms with Gasteiger partial charge in [0.1, 0.15) is 12.2 Å². The molecule has 0 bridgehead atoms. The van der Waals surface area contributed by atoms with Gasteiger partial charge in [0, 0.05) is 16.7 Å². The van der Waals surface area contributed by atoms with E-state index in [9.17, 15) is 14.4 Å². The lowest BCUT2D eigenvalue weighted by Gasteiger charge is -2.06. The number of Topliss-reactive ketones (excluding diaryl/α,β-unsaturated/α-hetero) is 1. The normalized spacial score (nSPS) is 10.4. The van der Waals surface area contributed by atoms with Crippen LogP contribution in [0.3, 0.4) is 0 Å². The molecule has 8 heteroatoms. The molecule has 0 aliphatic rings. The Morgan fingerprint density at radius 1 is 1.04 bits per heavy atom. The Kier molecular flexibility index (Phi) is 6.30. The number of hydrogen-bond donors (Lipinski definition) is 0. The highest BCUT2D eigenvalue weighted by molar-refractivity contribution is 6.30. The summed E-state index contributed by atoms with van der Waals surface area (Å²) in [6.07, 6.45) is 0. The molecule has 0 saturated heterocycles. The number of carbonyl (C=O) groups is 3. The molecule has 0 radical (unpaired) electrons. The molecule has 0 spiro atoms. The summed E-state index contributed by atoms with van der Waals surface area (Å²) in [5, 5.41) is 4.52. The molecule has 0 aliphatic heterocycles. The second-order valence-electron chi connectivity index (χ2n) is 4.94. The van der Waals surface area contributed by atoms with Crippen LogP contribution in [0.2, 0.25) is 5.02 Å². The number of ketones is 1. The highest BCUT2D eigenvalue weighted by Crippen LogP contribution is 2.13. The Morgan fingerprint density at radius 2 is 1.64 bits per heavy atom. The van der Waals surface area contributed by atoms with Crippen LogP contribution in [0.1, 0.15) is 45.2 Å². The summed E-state index contributed by atoms with van der Waals surface area (Å²) < 4.78 is 11.0. The van der Waals surface area contributed by atoms with Gasteiger partial charge in [0.25, 0.3) is 0 Å². The average Bonchev–Trinajstić information content (AvgIpc) is 3.00. The van der Waals surface area contributed by atoms with Gasteiger partial charge in [-0.3, -0.25) is 4.79 Å². The first-order valence-corrected chi connectivity index (χ1v) is 8.04. The van der Waals surface area contributed by atoms with Crippen LogP contribution in [-0.4, -0.2) is 40.7 Å². The summed E-state index contributed by atoms with van der Waals surface area (Å²) in [7, 11) is 0. The zero-order valence-electron chi connectivity index (χ0n) is 13.8. The molecule has 2 rings (SSSR count). The smallest absolute Gasteiger partial charge is 0.358 e. The summed E-state index contributed by atoms with van der Waals surface area (Å²) in [4.78, 5) is 36.3. The molecule has 25 heavy (non-hydrogen) atoms. The van der Waals surface area contributed by atoms with Crippen LogP contribution in [-0.2, 0) is 16.0 Å². The van der Waals surface area contributed by atoms with Crippen LogP contribution in [0.15, 0.2) is 30.3 Å². The van der Waals surface area contributed by atoms with Crippen molar-refractivity contribution in [1.82, 2.24) is 9.78 Å². The van der Waals surface area contributed by atoms with Gasteiger partial charge in [-0.1, -0.05) is 11.6 Å². The summed E-state index contributed by atoms with van der Waals surface area (Å²) in [6, 6.07) is 7.59. The van der Waals surface area contributed by atoms with Gasteiger partial charge < -0.3 is 9.47 Å². The van der Waals surface area contributed by atoms with Crippen molar-refractivity contribution in [3.63, 3.8) is 0 Å². The Bertz CT molecular complexity index is 783. The van der Waals surface area contributed by atoms with Crippen LogP contribution >= 0.6 is 11.6 Å². The van der Waals surface area contributed by atoms with Crippen LogP contribution in [0.25, 0.3) is 0 Å². The highest BCUT2D eigenvalue weighted by Gasteiger charge is 2.22. The molecule has 0 fully saturated rings. The largest absolute Gasteiger partial charge is 0.461 e. The first-order valence-electron chi connectivity index (χ1n) is 7.67.